The van der Waals surface area contributed by atoms with Crippen LogP contribution in [-0.4, -0.2) is 75.8 Å². The average Bonchev–Trinajstić information content (AvgIpc) is 3.22. The minimum Gasteiger partial charge on any atom is -0.481 e. The van der Waals surface area contributed by atoms with Crippen molar-refractivity contribution in [2.75, 3.05) is 18.0 Å². The van der Waals surface area contributed by atoms with Gasteiger partial charge in [-0.1, -0.05) is 42.5 Å². The van der Waals surface area contributed by atoms with Crippen molar-refractivity contribution >= 4 is 47.3 Å². The molecule has 40 heavy (non-hydrogen) atoms. The normalized spacial score (nSPS) is 14.1. The molecular formula is C26H27N5O9. The maximum Gasteiger partial charge on any atom is 0.330 e. The Morgan fingerprint density at radius 2 is 1.65 bits per heavy atom. The van der Waals surface area contributed by atoms with Gasteiger partial charge in [-0.25, -0.2) is 9.59 Å². The zero-order valence-electron chi connectivity index (χ0n) is 21.3. The molecule has 1 fully saturated rings. The smallest absolute Gasteiger partial charge is 0.330 e. The van der Waals surface area contributed by atoms with E-state index in [9.17, 15) is 43.8 Å². The number of hydrogen-bond donors (Lipinski definition) is 5. The summed E-state index contributed by atoms with van der Waals surface area (Å²) in [5.41, 5.74) is 0.864. The minimum absolute atomic E-state index is 0.0385. The number of aliphatic carboxylic acids is 2. The van der Waals surface area contributed by atoms with E-state index < -0.39 is 60.7 Å². The van der Waals surface area contributed by atoms with Crippen LogP contribution in [0.3, 0.4) is 0 Å². The highest BCUT2D eigenvalue weighted by Crippen LogP contribution is 2.23. The number of benzene rings is 2. The van der Waals surface area contributed by atoms with Gasteiger partial charge in [0, 0.05) is 19.2 Å². The highest BCUT2D eigenvalue weighted by atomic mass is 16.4. The monoisotopic (exact) mass is 553 g/mol. The lowest BCUT2D eigenvalue weighted by molar-refractivity contribution is -0.143. The second kappa shape index (κ2) is 13.0. The number of carbonyl (C=O) groups is 7. The molecular weight excluding hydrogens is 526 g/mol. The summed E-state index contributed by atoms with van der Waals surface area (Å²) in [6.07, 6.45) is -0.924. The predicted molar refractivity (Wildman–Crippen MR) is 138 cm³/mol. The van der Waals surface area contributed by atoms with E-state index in [1.807, 2.05) is 0 Å². The number of amides is 6. The molecule has 1 aliphatic rings. The first-order valence-electron chi connectivity index (χ1n) is 12.0. The van der Waals surface area contributed by atoms with Gasteiger partial charge in [-0.3, -0.25) is 33.8 Å². The van der Waals surface area contributed by atoms with E-state index in [0.29, 0.717) is 10.5 Å². The van der Waals surface area contributed by atoms with E-state index >= 15 is 0 Å². The molecule has 1 saturated heterocycles. The fourth-order valence-corrected chi connectivity index (χ4v) is 3.96. The quantitative estimate of drug-likeness (QED) is 0.224. The lowest BCUT2D eigenvalue weighted by Gasteiger charge is -2.32. The van der Waals surface area contributed by atoms with E-state index in [4.69, 9.17) is 0 Å². The molecule has 14 heteroatoms. The molecule has 0 unspecified atom stereocenters. The second-order valence-electron chi connectivity index (χ2n) is 8.78. The molecule has 0 radical (unpaired) electrons. The van der Waals surface area contributed by atoms with Crippen molar-refractivity contribution in [3.63, 3.8) is 0 Å². The van der Waals surface area contributed by atoms with Gasteiger partial charge in [-0.05, 0) is 23.3 Å². The number of rotatable bonds is 12. The first kappa shape index (κ1) is 29.3. The number of hydrogen-bond acceptors (Lipinski definition) is 7. The maximum atomic E-state index is 13.5. The largest absolute Gasteiger partial charge is 0.481 e. The van der Waals surface area contributed by atoms with Crippen molar-refractivity contribution in [3.05, 3.63) is 65.7 Å². The summed E-state index contributed by atoms with van der Waals surface area (Å²) in [4.78, 5) is 87.6. The summed E-state index contributed by atoms with van der Waals surface area (Å²) in [5, 5.41) is 26.5. The van der Waals surface area contributed by atoms with Crippen LogP contribution in [0.5, 0.6) is 0 Å². The number of nitrogens with zero attached hydrogens (tertiary/aromatic N) is 2. The number of anilines is 1. The molecule has 0 aliphatic carbocycles. The van der Waals surface area contributed by atoms with Gasteiger partial charge in [0.25, 0.3) is 5.91 Å². The van der Waals surface area contributed by atoms with Crippen molar-refractivity contribution in [2.45, 2.75) is 32.0 Å². The molecule has 210 valence electrons. The van der Waals surface area contributed by atoms with Gasteiger partial charge in [0.2, 0.25) is 17.7 Å². The average molecular weight is 554 g/mol. The summed E-state index contributed by atoms with van der Waals surface area (Å²) in [5.74, 6) is -5.92. The summed E-state index contributed by atoms with van der Waals surface area (Å²) in [6.45, 7) is 0.352. The molecule has 3 rings (SSSR count). The van der Waals surface area contributed by atoms with Gasteiger partial charge in [-0.15, -0.1) is 0 Å². The number of imide groups is 1. The van der Waals surface area contributed by atoms with Crippen LogP contribution in [0.2, 0.25) is 0 Å². The Morgan fingerprint density at radius 3 is 2.17 bits per heavy atom. The molecule has 0 bridgehead atoms. The third-order valence-corrected chi connectivity index (χ3v) is 5.90. The van der Waals surface area contributed by atoms with Crippen molar-refractivity contribution < 1.29 is 43.8 Å². The highest BCUT2D eigenvalue weighted by Gasteiger charge is 2.38. The van der Waals surface area contributed by atoms with Crippen molar-refractivity contribution in [1.29, 1.82) is 0 Å². The van der Waals surface area contributed by atoms with Crippen LogP contribution in [0.25, 0.3) is 0 Å². The van der Waals surface area contributed by atoms with E-state index in [2.05, 4.69) is 16.0 Å². The van der Waals surface area contributed by atoms with Gasteiger partial charge < -0.3 is 26.2 Å². The summed E-state index contributed by atoms with van der Waals surface area (Å²) in [7, 11) is 0. The summed E-state index contributed by atoms with van der Waals surface area (Å²) in [6, 6.07) is 9.36. The Balaban J connectivity index is 2.00. The molecule has 1 aliphatic heterocycles. The Morgan fingerprint density at radius 1 is 1.00 bits per heavy atom. The molecule has 0 saturated carbocycles. The van der Waals surface area contributed by atoms with Crippen LogP contribution < -0.4 is 20.9 Å². The van der Waals surface area contributed by atoms with Gasteiger partial charge >= 0.3 is 18.0 Å². The fourth-order valence-electron chi connectivity index (χ4n) is 3.96. The van der Waals surface area contributed by atoms with Crippen LogP contribution >= 0.6 is 0 Å². The third-order valence-electron chi connectivity index (χ3n) is 5.90. The van der Waals surface area contributed by atoms with Crippen LogP contribution in [0.15, 0.2) is 54.6 Å². The predicted octanol–water partition coefficient (Wildman–Crippen LogP) is -0.00710. The van der Waals surface area contributed by atoms with E-state index in [0.717, 1.165) is 4.90 Å². The molecule has 0 spiro atoms. The molecule has 1 heterocycles. The van der Waals surface area contributed by atoms with Crippen molar-refractivity contribution in [2.24, 2.45) is 0 Å². The zero-order valence-corrected chi connectivity index (χ0v) is 21.3. The number of nitrogens with one attached hydrogen (secondary N) is 3. The fraction of sp³-hybridized carbons (Fsp3) is 0.269. The Labute approximate surface area is 227 Å². The first-order chi connectivity index (χ1) is 19.0. The Bertz CT molecular complexity index is 1300. The van der Waals surface area contributed by atoms with Crippen LogP contribution in [0, 0.1) is 0 Å². The van der Waals surface area contributed by atoms with Gasteiger partial charge in [0.15, 0.2) is 6.04 Å². The first-order valence-corrected chi connectivity index (χ1v) is 12.0. The molecule has 2 aromatic carbocycles. The Kier molecular flexibility index (Phi) is 9.52. The van der Waals surface area contributed by atoms with Crippen LogP contribution in [0.1, 0.15) is 30.5 Å². The number of carbonyl (C=O) groups excluding carboxylic acids is 5. The van der Waals surface area contributed by atoms with Gasteiger partial charge in [0.1, 0.15) is 12.6 Å². The highest BCUT2D eigenvalue weighted by molar-refractivity contribution is 6.09. The number of carboxylic acids is 2. The van der Waals surface area contributed by atoms with E-state index in [1.165, 1.54) is 43.3 Å². The number of carboxylic acid groups (broad SMARTS) is 2. The molecule has 6 amide bonds. The topological polar surface area (TPSA) is 203 Å². The summed E-state index contributed by atoms with van der Waals surface area (Å²) >= 11 is 0. The number of urea groups is 1. The molecule has 2 atom stereocenters. The van der Waals surface area contributed by atoms with Crippen LogP contribution in [0.4, 0.5) is 10.5 Å². The molecule has 2 aromatic rings. The maximum absolute atomic E-state index is 13.5. The lowest BCUT2D eigenvalue weighted by Crippen LogP contribution is -2.55. The van der Waals surface area contributed by atoms with Gasteiger partial charge in [-0.2, -0.15) is 0 Å². The van der Waals surface area contributed by atoms with E-state index in [1.54, 1.807) is 18.2 Å². The molecule has 5 N–H and O–H groups in total. The second-order valence-corrected chi connectivity index (χ2v) is 8.78. The Hall–Kier alpha value is -5.27. The molecule has 14 nitrogen and oxygen atoms in total. The van der Waals surface area contributed by atoms with Crippen LogP contribution in [-0.2, 0) is 35.3 Å². The standard InChI is InChI=1S/C26H27N5O9/c1-15(32)27-12-16-7-9-18(10-8-16)31(21(34)14-30-20(33)13-28-26(30)40)19(11-22(35)36)24(37)29-23(25(38)39)17-5-3-2-4-6-17/h2-10,19,23H,11-14H2,1H3,(H,27,32)(H,28,40)(H,29,37)(H,35,36)(H,38,39)/t19-,23-/m0/s1. The van der Waals surface area contributed by atoms with Crippen molar-refractivity contribution in [1.82, 2.24) is 20.9 Å². The lowest BCUT2D eigenvalue weighted by atomic mass is 10.0. The summed E-state index contributed by atoms with van der Waals surface area (Å²) < 4.78 is 0. The van der Waals surface area contributed by atoms with E-state index in [-0.39, 0.29) is 30.2 Å². The minimum atomic E-state index is -1.77. The molecule has 0 aromatic heterocycles. The van der Waals surface area contributed by atoms with Crippen molar-refractivity contribution in [3.8, 4) is 0 Å². The SMILES string of the molecule is CC(=O)NCc1ccc(N(C(=O)CN2C(=O)CNC2=O)[C@@H](CC(=O)O)C(=O)N[C@H](C(=O)O)c2ccccc2)cc1. The third kappa shape index (κ3) is 7.40. The zero-order chi connectivity index (χ0) is 29.4. The van der Waals surface area contributed by atoms with Gasteiger partial charge in [0.05, 0.1) is 13.0 Å².